The molecule has 2 bridgehead atoms. The topological polar surface area (TPSA) is 152 Å². The normalized spacial score (nSPS) is 30.7. The summed E-state index contributed by atoms with van der Waals surface area (Å²) < 4.78 is 98.7. The van der Waals surface area contributed by atoms with E-state index in [0.29, 0.717) is 12.8 Å². The zero-order valence-electron chi connectivity index (χ0n) is 20.5. The molecule has 11 nitrogen and oxygen atoms in total. The summed E-state index contributed by atoms with van der Waals surface area (Å²) in [7, 11) is -4.41. The van der Waals surface area contributed by atoms with E-state index in [1.807, 2.05) is 0 Å². The Hall–Kier alpha value is -2.91. The van der Waals surface area contributed by atoms with E-state index < -0.39 is 99.7 Å². The van der Waals surface area contributed by atoms with Gasteiger partial charge < -0.3 is 23.7 Å². The van der Waals surface area contributed by atoms with Crippen molar-refractivity contribution in [2.45, 2.75) is 68.8 Å². The van der Waals surface area contributed by atoms with Gasteiger partial charge in [-0.15, -0.1) is 0 Å². The summed E-state index contributed by atoms with van der Waals surface area (Å²) in [4.78, 5) is 38.1. The molecule has 1 saturated carbocycles. The molecule has 0 radical (unpaired) electrons. The Labute approximate surface area is 220 Å². The van der Waals surface area contributed by atoms with E-state index in [1.165, 1.54) is 0 Å². The number of alkyl halides is 3. The van der Waals surface area contributed by atoms with E-state index in [4.69, 9.17) is 28.2 Å². The highest BCUT2D eigenvalue weighted by Gasteiger charge is 2.72. The van der Waals surface area contributed by atoms with Gasteiger partial charge in [-0.2, -0.15) is 21.6 Å². The number of hydrogen-bond donors (Lipinski definition) is 1. The minimum absolute atomic E-state index is 0.254. The average molecular weight is 579 g/mol. The summed E-state index contributed by atoms with van der Waals surface area (Å²) in [6, 6.07) is 2.61. The van der Waals surface area contributed by atoms with E-state index in [2.05, 4.69) is 0 Å². The van der Waals surface area contributed by atoms with Crippen LogP contribution in [0.3, 0.4) is 0 Å². The van der Waals surface area contributed by atoms with Gasteiger partial charge in [0.1, 0.15) is 47.8 Å². The van der Waals surface area contributed by atoms with Crippen molar-refractivity contribution in [1.29, 1.82) is 0 Å². The Bertz CT molecular complexity index is 1290. The molecule has 3 saturated heterocycles. The van der Waals surface area contributed by atoms with Crippen LogP contribution in [0.25, 0.3) is 0 Å². The molecular formula is C24H25F3O11S. The van der Waals surface area contributed by atoms with Crippen LogP contribution in [-0.4, -0.2) is 73.3 Å². The fourth-order valence-corrected chi connectivity index (χ4v) is 6.03. The Morgan fingerprint density at radius 2 is 1.85 bits per heavy atom. The largest absolute Gasteiger partial charge is 0.487 e. The van der Waals surface area contributed by atoms with Crippen molar-refractivity contribution in [3.63, 3.8) is 0 Å². The number of ether oxygens (including phenoxy) is 5. The second-order valence-corrected chi connectivity index (χ2v) is 11.9. The maximum absolute atomic E-state index is 13.7. The first kappa shape index (κ1) is 27.6. The van der Waals surface area contributed by atoms with Crippen LogP contribution < -0.4 is 4.74 Å². The molecule has 6 atom stereocenters. The Balaban J connectivity index is 1.35. The zero-order chi connectivity index (χ0) is 28.3. The minimum Gasteiger partial charge on any atom is -0.487 e. The maximum Gasteiger partial charge on any atom is 0.419 e. The van der Waals surface area contributed by atoms with Crippen molar-refractivity contribution in [2.75, 3.05) is 12.4 Å². The molecule has 1 aromatic rings. The summed E-state index contributed by atoms with van der Waals surface area (Å²) in [5.41, 5.74) is -2.12. The van der Waals surface area contributed by atoms with Crippen molar-refractivity contribution >= 4 is 28.0 Å². The van der Waals surface area contributed by atoms with Gasteiger partial charge in [0.15, 0.2) is 12.2 Å². The molecular weight excluding hydrogens is 553 g/mol. The lowest BCUT2D eigenvalue weighted by atomic mass is 9.78. The van der Waals surface area contributed by atoms with Crippen LogP contribution in [0.2, 0.25) is 0 Å². The monoisotopic (exact) mass is 578 g/mol. The molecule has 3 aliphatic heterocycles. The van der Waals surface area contributed by atoms with Crippen molar-refractivity contribution in [3.8, 4) is 5.75 Å². The first-order valence-electron chi connectivity index (χ1n) is 12.3. The van der Waals surface area contributed by atoms with Crippen LogP contribution >= 0.6 is 0 Å². The molecule has 1 aliphatic carbocycles. The average Bonchev–Trinajstić information content (AvgIpc) is 3.55. The van der Waals surface area contributed by atoms with Gasteiger partial charge in [-0.3, -0.25) is 14.1 Å². The summed E-state index contributed by atoms with van der Waals surface area (Å²) in [5.74, 6) is -6.58. The summed E-state index contributed by atoms with van der Waals surface area (Å²) in [6.45, 7) is 1.02. The fraction of sp³-hybridized carbons (Fsp3) is 0.625. The number of rotatable bonds is 8. The van der Waals surface area contributed by atoms with Crippen LogP contribution in [-0.2, 0) is 44.8 Å². The van der Waals surface area contributed by atoms with E-state index in [9.17, 15) is 36.0 Å². The summed E-state index contributed by atoms with van der Waals surface area (Å²) in [6.07, 6.45) is -6.47. The van der Waals surface area contributed by atoms with E-state index in [0.717, 1.165) is 31.0 Å². The van der Waals surface area contributed by atoms with E-state index >= 15 is 0 Å². The number of carbonyl (C=O) groups is 3. The zero-order valence-corrected chi connectivity index (χ0v) is 21.3. The molecule has 5 rings (SSSR count). The predicted molar refractivity (Wildman–Crippen MR) is 121 cm³/mol. The Kier molecular flexibility index (Phi) is 6.82. The second kappa shape index (κ2) is 9.63. The van der Waals surface area contributed by atoms with Crippen molar-refractivity contribution in [2.24, 2.45) is 11.8 Å². The fourth-order valence-electron chi connectivity index (χ4n) is 5.73. The lowest BCUT2D eigenvalue weighted by Gasteiger charge is -2.28. The molecule has 4 fully saturated rings. The van der Waals surface area contributed by atoms with Crippen molar-refractivity contribution < 1.29 is 64.2 Å². The molecule has 6 unspecified atom stereocenters. The van der Waals surface area contributed by atoms with Gasteiger partial charge in [0.05, 0.1) is 11.1 Å². The number of esters is 3. The highest BCUT2D eigenvalue weighted by atomic mass is 32.2. The van der Waals surface area contributed by atoms with Crippen LogP contribution in [0.5, 0.6) is 5.75 Å². The standard InChI is InChI=1S/C24H25F3O11S/c1-23(6-2-3-7-23)38-13-10-11(4-5-12(13)24(25,26)27)20(28)36-18-16-14(21(29)34-8-9-39(31,32)33)15-17(35-16)19(18)37-22(15)30/h4-5,10,14-19H,2-3,6-9H2,1H3,(H,31,32,33). The molecule has 0 spiro atoms. The van der Waals surface area contributed by atoms with Crippen LogP contribution in [0, 0.1) is 11.8 Å². The van der Waals surface area contributed by atoms with Gasteiger partial charge in [-0.1, -0.05) is 0 Å². The molecule has 1 aromatic carbocycles. The number of halogens is 3. The molecule has 0 aromatic heterocycles. The van der Waals surface area contributed by atoms with Crippen LogP contribution in [0.15, 0.2) is 18.2 Å². The highest BCUT2D eigenvalue weighted by Crippen LogP contribution is 2.51. The SMILES string of the molecule is CC1(Oc2cc(C(=O)OC3C4OC(=O)C5C4OC3C5C(=O)OCCS(=O)(=O)O)ccc2C(F)(F)F)CCCC1. The van der Waals surface area contributed by atoms with E-state index in [1.54, 1.807) is 6.92 Å². The number of carbonyl (C=O) groups excluding carboxylic acids is 3. The van der Waals surface area contributed by atoms with Gasteiger partial charge in [-0.05, 0) is 50.8 Å². The smallest absolute Gasteiger partial charge is 0.419 e. The first-order chi connectivity index (χ1) is 18.2. The number of hydrogen-bond acceptors (Lipinski definition) is 10. The second-order valence-electron chi connectivity index (χ2n) is 10.3. The highest BCUT2D eigenvalue weighted by molar-refractivity contribution is 7.85. The molecule has 0 amide bonds. The molecule has 214 valence electrons. The number of benzene rings is 1. The number of fused-ring (bicyclic) bond motifs is 1. The Morgan fingerprint density at radius 1 is 1.15 bits per heavy atom. The van der Waals surface area contributed by atoms with Gasteiger partial charge in [0, 0.05) is 0 Å². The summed E-state index contributed by atoms with van der Waals surface area (Å²) in [5, 5.41) is 0. The quantitative estimate of drug-likeness (QED) is 0.275. The first-order valence-corrected chi connectivity index (χ1v) is 13.9. The third kappa shape index (κ3) is 5.31. The van der Waals surface area contributed by atoms with Crippen molar-refractivity contribution in [3.05, 3.63) is 29.3 Å². The van der Waals surface area contributed by atoms with Gasteiger partial charge >= 0.3 is 24.1 Å². The minimum atomic E-state index is -4.73. The maximum atomic E-state index is 13.7. The summed E-state index contributed by atoms with van der Waals surface area (Å²) >= 11 is 0. The third-order valence-corrected chi connectivity index (χ3v) is 8.23. The van der Waals surface area contributed by atoms with Crippen LogP contribution in [0.1, 0.15) is 48.5 Å². The van der Waals surface area contributed by atoms with Gasteiger partial charge in [0.2, 0.25) is 0 Å². The van der Waals surface area contributed by atoms with E-state index in [-0.39, 0.29) is 5.56 Å². The third-order valence-electron chi connectivity index (χ3n) is 7.55. The van der Waals surface area contributed by atoms with Gasteiger partial charge in [-0.25, -0.2) is 4.79 Å². The van der Waals surface area contributed by atoms with Crippen molar-refractivity contribution in [1.82, 2.24) is 0 Å². The predicted octanol–water partition coefficient (Wildman–Crippen LogP) is 2.31. The molecule has 3 heterocycles. The molecule has 15 heteroatoms. The molecule has 1 N–H and O–H groups in total. The molecule has 39 heavy (non-hydrogen) atoms. The lowest BCUT2D eigenvalue weighted by molar-refractivity contribution is -0.155. The molecule has 4 aliphatic rings. The lowest BCUT2D eigenvalue weighted by Crippen LogP contribution is -2.48. The Morgan fingerprint density at radius 3 is 2.49 bits per heavy atom. The van der Waals surface area contributed by atoms with Crippen LogP contribution in [0.4, 0.5) is 13.2 Å². The van der Waals surface area contributed by atoms with Gasteiger partial charge in [0.25, 0.3) is 10.1 Å².